The van der Waals surface area contributed by atoms with Crippen LogP contribution in [0.3, 0.4) is 0 Å². The fourth-order valence-corrected chi connectivity index (χ4v) is 2.93. The largest absolute Gasteiger partial charge is 0.446 e. The van der Waals surface area contributed by atoms with Crippen molar-refractivity contribution in [2.45, 2.75) is 42.1 Å². The first-order valence-electron chi connectivity index (χ1n) is 6.82. The SMILES string of the molecule is O=C(CCC1CCCN1)Nc1ccccc1SC(F)(F)F. The molecule has 0 spiro atoms. The Labute approximate surface area is 125 Å². The van der Waals surface area contributed by atoms with Crippen LogP contribution in [0.5, 0.6) is 0 Å². The number of benzene rings is 1. The molecule has 1 amide bonds. The summed E-state index contributed by atoms with van der Waals surface area (Å²) in [5.74, 6) is -0.251. The average Bonchev–Trinajstić information content (AvgIpc) is 2.90. The van der Waals surface area contributed by atoms with E-state index in [9.17, 15) is 18.0 Å². The van der Waals surface area contributed by atoms with Gasteiger partial charge < -0.3 is 10.6 Å². The molecule has 1 aliphatic rings. The molecule has 0 aliphatic carbocycles. The lowest BCUT2D eigenvalue weighted by molar-refractivity contribution is -0.116. The second-order valence-corrected chi connectivity index (χ2v) is 6.03. The molecule has 0 bridgehead atoms. The van der Waals surface area contributed by atoms with Gasteiger partial charge in [-0.05, 0) is 49.7 Å². The third-order valence-electron chi connectivity index (χ3n) is 3.27. The Morgan fingerprint density at radius 3 is 2.81 bits per heavy atom. The van der Waals surface area contributed by atoms with Gasteiger partial charge in [-0.25, -0.2) is 0 Å². The van der Waals surface area contributed by atoms with E-state index in [4.69, 9.17) is 0 Å². The van der Waals surface area contributed by atoms with Gasteiger partial charge in [-0.3, -0.25) is 4.79 Å². The molecule has 1 atom stereocenters. The Balaban J connectivity index is 1.90. The number of carbonyl (C=O) groups is 1. The second kappa shape index (κ2) is 7.17. The lowest BCUT2D eigenvalue weighted by atomic mass is 10.1. The monoisotopic (exact) mass is 318 g/mol. The summed E-state index contributed by atoms with van der Waals surface area (Å²) in [6.07, 6.45) is 3.17. The molecule has 1 aromatic rings. The smallest absolute Gasteiger partial charge is 0.325 e. The fraction of sp³-hybridized carbons (Fsp3) is 0.500. The summed E-state index contributed by atoms with van der Waals surface area (Å²) >= 11 is -0.214. The highest BCUT2D eigenvalue weighted by atomic mass is 32.2. The van der Waals surface area contributed by atoms with E-state index in [1.807, 2.05) is 0 Å². The van der Waals surface area contributed by atoms with Crippen molar-refractivity contribution >= 4 is 23.4 Å². The van der Waals surface area contributed by atoms with Crippen molar-refractivity contribution in [3.05, 3.63) is 24.3 Å². The van der Waals surface area contributed by atoms with E-state index < -0.39 is 5.51 Å². The highest BCUT2D eigenvalue weighted by Crippen LogP contribution is 2.40. The summed E-state index contributed by atoms with van der Waals surface area (Å²) in [6.45, 7) is 0.970. The molecular weight excluding hydrogens is 301 g/mol. The maximum absolute atomic E-state index is 12.5. The zero-order valence-corrected chi connectivity index (χ0v) is 12.2. The highest BCUT2D eigenvalue weighted by molar-refractivity contribution is 8.00. The minimum atomic E-state index is -4.37. The number of hydrogen-bond donors (Lipinski definition) is 2. The van der Waals surface area contributed by atoms with Gasteiger partial charge in [0.15, 0.2) is 0 Å². The van der Waals surface area contributed by atoms with Crippen molar-refractivity contribution in [3.8, 4) is 0 Å². The molecule has 2 N–H and O–H groups in total. The van der Waals surface area contributed by atoms with Gasteiger partial charge in [-0.1, -0.05) is 12.1 Å². The molecule has 2 rings (SSSR count). The van der Waals surface area contributed by atoms with Crippen LogP contribution in [-0.4, -0.2) is 24.0 Å². The third-order valence-corrected chi connectivity index (χ3v) is 4.08. The van der Waals surface area contributed by atoms with Gasteiger partial charge in [-0.2, -0.15) is 13.2 Å². The number of alkyl halides is 3. The van der Waals surface area contributed by atoms with E-state index in [0.717, 1.165) is 19.4 Å². The van der Waals surface area contributed by atoms with Crippen LogP contribution in [0.15, 0.2) is 29.2 Å². The predicted molar refractivity (Wildman–Crippen MR) is 77.2 cm³/mol. The van der Waals surface area contributed by atoms with E-state index in [1.165, 1.54) is 18.2 Å². The van der Waals surface area contributed by atoms with E-state index in [-0.39, 0.29) is 28.3 Å². The first-order valence-corrected chi connectivity index (χ1v) is 7.64. The Morgan fingerprint density at radius 1 is 1.38 bits per heavy atom. The number of anilines is 1. The van der Waals surface area contributed by atoms with Crippen molar-refractivity contribution < 1.29 is 18.0 Å². The van der Waals surface area contributed by atoms with Gasteiger partial charge >= 0.3 is 5.51 Å². The lowest BCUT2D eigenvalue weighted by Gasteiger charge is -2.13. The third kappa shape index (κ3) is 5.59. The van der Waals surface area contributed by atoms with Crippen molar-refractivity contribution in [1.29, 1.82) is 0 Å². The fourth-order valence-electron chi connectivity index (χ4n) is 2.30. The number of thioether (sulfide) groups is 1. The first-order chi connectivity index (χ1) is 9.94. The Morgan fingerprint density at radius 2 is 2.14 bits per heavy atom. The minimum Gasteiger partial charge on any atom is -0.325 e. The normalized spacial score (nSPS) is 18.7. The van der Waals surface area contributed by atoms with Crippen molar-refractivity contribution in [3.63, 3.8) is 0 Å². The molecule has 1 unspecified atom stereocenters. The summed E-state index contributed by atoms with van der Waals surface area (Å²) < 4.78 is 37.4. The summed E-state index contributed by atoms with van der Waals surface area (Å²) in [5, 5.41) is 5.85. The van der Waals surface area contributed by atoms with Crippen LogP contribution in [0.1, 0.15) is 25.7 Å². The topological polar surface area (TPSA) is 41.1 Å². The van der Waals surface area contributed by atoms with E-state index in [0.29, 0.717) is 18.9 Å². The summed E-state index contributed by atoms with van der Waals surface area (Å²) in [4.78, 5) is 11.9. The lowest BCUT2D eigenvalue weighted by Crippen LogP contribution is -2.23. The number of amides is 1. The number of nitrogens with one attached hydrogen (secondary N) is 2. The Hall–Kier alpha value is -1.21. The second-order valence-electron chi connectivity index (χ2n) is 4.92. The first kappa shape index (κ1) is 16.2. The number of carbonyl (C=O) groups excluding carboxylic acids is 1. The quantitative estimate of drug-likeness (QED) is 0.812. The maximum atomic E-state index is 12.5. The van der Waals surface area contributed by atoms with Gasteiger partial charge in [0.25, 0.3) is 0 Å². The molecule has 0 aromatic heterocycles. The standard InChI is InChI=1S/C14H17F3N2OS/c15-14(16,17)21-12-6-2-1-5-11(12)19-13(20)8-7-10-4-3-9-18-10/h1-2,5-6,10,18H,3-4,7-9H2,(H,19,20). The zero-order valence-electron chi connectivity index (χ0n) is 11.4. The van der Waals surface area contributed by atoms with Crippen molar-refractivity contribution in [2.24, 2.45) is 0 Å². The van der Waals surface area contributed by atoms with Crippen LogP contribution < -0.4 is 10.6 Å². The van der Waals surface area contributed by atoms with Crippen LogP contribution >= 0.6 is 11.8 Å². The Kier molecular flexibility index (Phi) is 5.52. The molecule has 1 aromatic carbocycles. The summed E-state index contributed by atoms with van der Waals surface area (Å²) in [7, 11) is 0. The number of rotatable bonds is 5. The highest BCUT2D eigenvalue weighted by Gasteiger charge is 2.30. The van der Waals surface area contributed by atoms with Crippen molar-refractivity contribution in [1.82, 2.24) is 5.32 Å². The van der Waals surface area contributed by atoms with Crippen molar-refractivity contribution in [2.75, 3.05) is 11.9 Å². The summed E-state index contributed by atoms with van der Waals surface area (Å²) in [5.41, 5.74) is -4.15. The summed E-state index contributed by atoms with van der Waals surface area (Å²) in [6, 6.07) is 6.31. The van der Waals surface area contributed by atoms with E-state index >= 15 is 0 Å². The van der Waals surface area contributed by atoms with Gasteiger partial charge in [0.1, 0.15) is 0 Å². The molecule has 1 saturated heterocycles. The van der Waals surface area contributed by atoms with Crippen LogP contribution in [0.4, 0.5) is 18.9 Å². The molecule has 0 radical (unpaired) electrons. The van der Waals surface area contributed by atoms with Gasteiger partial charge in [0.2, 0.25) is 5.91 Å². The van der Waals surface area contributed by atoms with Gasteiger partial charge in [-0.15, -0.1) is 0 Å². The van der Waals surface area contributed by atoms with Gasteiger partial charge in [0.05, 0.1) is 5.69 Å². The van der Waals surface area contributed by atoms with Crippen LogP contribution in [0.25, 0.3) is 0 Å². The molecule has 1 fully saturated rings. The Bertz CT molecular complexity index is 487. The molecular formula is C14H17F3N2OS. The predicted octanol–water partition coefficient (Wildman–Crippen LogP) is 3.77. The zero-order chi connectivity index (χ0) is 15.3. The van der Waals surface area contributed by atoms with E-state index in [1.54, 1.807) is 6.07 Å². The van der Waals surface area contributed by atoms with Gasteiger partial charge in [0, 0.05) is 17.4 Å². The average molecular weight is 318 g/mol. The van der Waals surface area contributed by atoms with Crippen LogP contribution in [-0.2, 0) is 4.79 Å². The van der Waals surface area contributed by atoms with Crippen LogP contribution in [0.2, 0.25) is 0 Å². The number of para-hydroxylation sites is 1. The molecule has 1 heterocycles. The molecule has 1 aliphatic heterocycles. The minimum absolute atomic E-state index is 0.0114. The van der Waals surface area contributed by atoms with E-state index in [2.05, 4.69) is 10.6 Å². The molecule has 7 heteroatoms. The van der Waals surface area contributed by atoms with Crippen LogP contribution in [0, 0.1) is 0 Å². The molecule has 21 heavy (non-hydrogen) atoms. The number of hydrogen-bond acceptors (Lipinski definition) is 3. The molecule has 3 nitrogen and oxygen atoms in total. The molecule has 116 valence electrons. The molecule has 0 saturated carbocycles. The number of halogens is 3. The maximum Gasteiger partial charge on any atom is 0.446 e.